The molecule has 1 aromatic heterocycles. The van der Waals surface area contributed by atoms with Crippen molar-refractivity contribution in [3.05, 3.63) is 30.0 Å². The molecule has 0 spiro atoms. The fraction of sp³-hybridized carbons (Fsp3) is 0.273. The lowest BCUT2D eigenvalue weighted by atomic mass is 10.2. The summed E-state index contributed by atoms with van der Waals surface area (Å²) >= 11 is 0. The van der Waals surface area contributed by atoms with Gasteiger partial charge in [-0.2, -0.15) is 0 Å². The predicted molar refractivity (Wildman–Crippen MR) is 53.2 cm³/mol. The van der Waals surface area contributed by atoms with Crippen molar-refractivity contribution in [3.8, 4) is 5.75 Å². The molecule has 0 atom stereocenters. The molecule has 1 aromatic carbocycles. The van der Waals surface area contributed by atoms with E-state index >= 15 is 0 Å². The van der Waals surface area contributed by atoms with Crippen LogP contribution in [0.25, 0.3) is 11.0 Å². The fourth-order valence-corrected chi connectivity index (χ4v) is 1.36. The van der Waals surface area contributed by atoms with Gasteiger partial charge in [-0.05, 0) is 31.2 Å². The monoisotopic (exact) mass is 192 g/mol. The minimum absolute atomic E-state index is 0.251. The summed E-state index contributed by atoms with van der Waals surface area (Å²) in [5.41, 5.74) is 0.775. The van der Waals surface area contributed by atoms with Gasteiger partial charge in [0, 0.05) is 12.0 Å². The first kappa shape index (κ1) is 9.09. The minimum atomic E-state index is 0.251. The Morgan fingerprint density at radius 2 is 2.21 bits per heavy atom. The fourth-order valence-electron chi connectivity index (χ4n) is 1.36. The Bertz CT molecular complexity index is 431. The van der Waals surface area contributed by atoms with Crippen LogP contribution in [0.3, 0.4) is 0 Å². The van der Waals surface area contributed by atoms with Gasteiger partial charge in [0.1, 0.15) is 23.7 Å². The van der Waals surface area contributed by atoms with E-state index in [9.17, 15) is 5.11 Å². The van der Waals surface area contributed by atoms with E-state index in [1.807, 2.05) is 13.0 Å². The molecule has 0 radical (unpaired) electrons. The zero-order valence-corrected chi connectivity index (χ0v) is 7.99. The number of benzene rings is 1. The van der Waals surface area contributed by atoms with Crippen molar-refractivity contribution in [1.82, 2.24) is 0 Å². The predicted octanol–water partition coefficient (Wildman–Crippen LogP) is 2.67. The van der Waals surface area contributed by atoms with Crippen molar-refractivity contribution in [2.75, 3.05) is 6.61 Å². The van der Waals surface area contributed by atoms with E-state index in [0.717, 1.165) is 16.7 Å². The first-order chi connectivity index (χ1) is 6.79. The summed E-state index contributed by atoms with van der Waals surface area (Å²) in [6.45, 7) is 3.09. The molecular formula is C11H12O3. The lowest BCUT2D eigenvalue weighted by Crippen LogP contribution is -1.88. The minimum Gasteiger partial charge on any atom is -0.508 e. The summed E-state index contributed by atoms with van der Waals surface area (Å²) in [6.07, 6.45) is 0. The van der Waals surface area contributed by atoms with Crippen molar-refractivity contribution in [1.29, 1.82) is 0 Å². The number of aromatic hydroxyl groups is 1. The quantitative estimate of drug-likeness (QED) is 0.812. The average Bonchev–Trinajstić information content (AvgIpc) is 2.56. The third-order valence-electron chi connectivity index (χ3n) is 2.00. The number of hydrogen-bond donors (Lipinski definition) is 1. The van der Waals surface area contributed by atoms with Crippen molar-refractivity contribution in [2.45, 2.75) is 13.5 Å². The smallest absolute Gasteiger partial charge is 0.134 e. The maximum Gasteiger partial charge on any atom is 0.134 e. The summed E-state index contributed by atoms with van der Waals surface area (Å²) in [4.78, 5) is 0. The Hall–Kier alpha value is -1.48. The molecule has 0 unspecified atom stereocenters. The Morgan fingerprint density at radius 3 is 3.00 bits per heavy atom. The molecule has 14 heavy (non-hydrogen) atoms. The Kier molecular flexibility index (Phi) is 2.41. The molecule has 0 bridgehead atoms. The highest BCUT2D eigenvalue weighted by atomic mass is 16.5. The van der Waals surface area contributed by atoms with Crippen molar-refractivity contribution in [3.63, 3.8) is 0 Å². The second-order valence-electron chi connectivity index (χ2n) is 3.07. The largest absolute Gasteiger partial charge is 0.508 e. The number of furan rings is 1. The molecule has 3 nitrogen and oxygen atoms in total. The van der Waals surface area contributed by atoms with Gasteiger partial charge in [0.05, 0.1) is 0 Å². The SMILES string of the molecule is CCOCc1cc2cc(O)ccc2o1. The van der Waals surface area contributed by atoms with Crippen molar-refractivity contribution < 1.29 is 14.3 Å². The molecule has 0 fully saturated rings. The van der Waals surface area contributed by atoms with Gasteiger partial charge in [0.25, 0.3) is 0 Å². The molecule has 0 aliphatic rings. The van der Waals surface area contributed by atoms with E-state index in [-0.39, 0.29) is 5.75 Å². The summed E-state index contributed by atoms with van der Waals surface area (Å²) in [5.74, 6) is 1.04. The summed E-state index contributed by atoms with van der Waals surface area (Å²) in [7, 11) is 0. The molecule has 74 valence electrons. The molecule has 1 N–H and O–H groups in total. The maximum absolute atomic E-state index is 9.24. The zero-order valence-electron chi connectivity index (χ0n) is 7.99. The lowest BCUT2D eigenvalue weighted by molar-refractivity contribution is 0.119. The highest BCUT2D eigenvalue weighted by Gasteiger charge is 2.03. The van der Waals surface area contributed by atoms with Gasteiger partial charge in [-0.25, -0.2) is 0 Å². The molecule has 0 saturated carbocycles. The van der Waals surface area contributed by atoms with Gasteiger partial charge < -0.3 is 14.3 Å². The summed E-state index contributed by atoms with van der Waals surface area (Å²) in [6, 6.07) is 6.91. The van der Waals surface area contributed by atoms with Gasteiger partial charge >= 0.3 is 0 Å². The lowest BCUT2D eigenvalue weighted by Gasteiger charge is -1.94. The van der Waals surface area contributed by atoms with Crippen LogP contribution in [0.5, 0.6) is 5.75 Å². The first-order valence-corrected chi connectivity index (χ1v) is 4.59. The molecular weight excluding hydrogens is 180 g/mol. The summed E-state index contributed by atoms with van der Waals surface area (Å²) in [5, 5.41) is 10.1. The molecule has 0 amide bonds. The van der Waals surface area contributed by atoms with Crippen LogP contribution in [-0.2, 0) is 11.3 Å². The van der Waals surface area contributed by atoms with Crippen LogP contribution in [0.1, 0.15) is 12.7 Å². The Morgan fingerprint density at radius 1 is 1.36 bits per heavy atom. The molecule has 0 saturated heterocycles. The van der Waals surface area contributed by atoms with Crippen LogP contribution in [0.4, 0.5) is 0 Å². The normalized spacial score (nSPS) is 10.9. The molecule has 0 aliphatic heterocycles. The standard InChI is InChI=1S/C11H12O3/c1-2-13-7-10-6-8-5-9(12)3-4-11(8)14-10/h3-6,12H,2,7H2,1H3. The molecule has 3 heteroatoms. The van der Waals surface area contributed by atoms with Crippen LogP contribution in [0, 0.1) is 0 Å². The van der Waals surface area contributed by atoms with E-state index < -0.39 is 0 Å². The van der Waals surface area contributed by atoms with E-state index in [0.29, 0.717) is 13.2 Å². The van der Waals surface area contributed by atoms with Gasteiger partial charge in [-0.15, -0.1) is 0 Å². The molecule has 2 rings (SSSR count). The van der Waals surface area contributed by atoms with Gasteiger partial charge in [-0.3, -0.25) is 0 Å². The second kappa shape index (κ2) is 3.72. The number of hydrogen-bond acceptors (Lipinski definition) is 3. The Balaban J connectivity index is 2.32. The van der Waals surface area contributed by atoms with E-state index in [1.54, 1.807) is 18.2 Å². The van der Waals surface area contributed by atoms with Crippen LogP contribution in [-0.4, -0.2) is 11.7 Å². The van der Waals surface area contributed by atoms with Gasteiger partial charge in [-0.1, -0.05) is 0 Å². The van der Waals surface area contributed by atoms with Crippen LogP contribution < -0.4 is 0 Å². The van der Waals surface area contributed by atoms with Gasteiger partial charge in [0.2, 0.25) is 0 Å². The second-order valence-corrected chi connectivity index (χ2v) is 3.07. The highest BCUT2D eigenvalue weighted by Crippen LogP contribution is 2.23. The molecule has 2 aromatic rings. The van der Waals surface area contributed by atoms with Gasteiger partial charge in [0.15, 0.2) is 0 Å². The number of ether oxygens (including phenoxy) is 1. The topological polar surface area (TPSA) is 42.6 Å². The highest BCUT2D eigenvalue weighted by molar-refractivity contribution is 5.79. The third-order valence-corrected chi connectivity index (χ3v) is 2.00. The zero-order chi connectivity index (χ0) is 9.97. The van der Waals surface area contributed by atoms with Crippen molar-refractivity contribution >= 4 is 11.0 Å². The van der Waals surface area contributed by atoms with E-state index in [4.69, 9.17) is 9.15 Å². The van der Waals surface area contributed by atoms with Crippen LogP contribution in [0.2, 0.25) is 0 Å². The van der Waals surface area contributed by atoms with Crippen LogP contribution >= 0.6 is 0 Å². The maximum atomic E-state index is 9.24. The Labute approximate surface area is 81.9 Å². The van der Waals surface area contributed by atoms with E-state index in [1.165, 1.54) is 0 Å². The summed E-state index contributed by atoms with van der Waals surface area (Å²) < 4.78 is 10.7. The average molecular weight is 192 g/mol. The number of phenolic OH excluding ortho intramolecular Hbond substituents is 1. The first-order valence-electron chi connectivity index (χ1n) is 4.59. The molecule has 0 aliphatic carbocycles. The number of phenols is 1. The van der Waals surface area contributed by atoms with E-state index in [2.05, 4.69) is 0 Å². The van der Waals surface area contributed by atoms with Crippen LogP contribution in [0.15, 0.2) is 28.7 Å². The molecule has 1 heterocycles. The van der Waals surface area contributed by atoms with Crippen molar-refractivity contribution in [2.24, 2.45) is 0 Å². The third kappa shape index (κ3) is 1.72. The number of fused-ring (bicyclic) bond motifs is 1. The number of rotatable bonds is 3.